The average Bonchev–Trinajstić information content (AvgIpc) is 3.09. The summed E-state index contributed by atoms with van der Waals surface area (Å²) in [7, 11) is -3.93. The van der Waals surface area contributed by atoms with Crippen molar-refractivity contribution in [1.82, 2.24) is 19.7 Å². The van der Waals surface area contributed by atoms with Gasteiger partial charge in [0.25, 0.3) is 16.0 Å². The van der Waals surface area contributed by atoms with E-state index in [1.165, 1.54) is 29.3 Å². The summed E-state index contributed by atoms with van der Waals surface area (Å²) >= 11 is 0. The molecule has 136 valence electrons. The minimum Gasteiger partial charge on any atom is -0.255 e. The maximum Gasteiger partial charge on any atom is 0.266 e. The molecule has 0 saturated heterocycles. The Morgan fingerprint density at radius 1 is 1.00 bits per heavy atom. The normalized spacial score (nSPS) is 11.6. The van der Waals surface area contributed by atoms with Crippen molar-refractivity contribution in [2.24, 2.45) is 0 Å². The van der Waals surface area contributed by atoms with Crippen molar-refractivity contribution >= 4 is 26.9 Å². The second-order valence-corrected chi connectivity index (χ2v) is 7.44. The summed E-state index contributed by atoms with van der Waals surface area (Å²) < 4.78 is 42.9. The van der Waals surface area contributed by atoms with Crippen LogP contribution in [0, 0.1) is 5.82 Å². The molecule has 4 rings (SSSR count). The van der Waals surface area contributed by atoms with Crippen LogP contribution >= 0.6 is 0 Å². The second kappa shape index (κ2) is 6.76. The molecule has 0 amide bonds. The van der Waals surface area contributed by atoms with Gasteiger partial charge in [-0.3, -0.25) is 4.98 Å². The highest BCUT2D eigenvalue weighted by Crippen LogP contribution is 2.22. The van der Waals surface area contributed by atoms with E-state index in [0.29, 0.717) is 16.5 Å². The van der Waals surface area contributed by atoms with Crippen LogP contribution in [0.4, 0.5) is 10.3 Å². The third kappa shape index (κ3) is 3.49. The molecule has 9 heteroatoms. The number of hydrogen-bond acceptors (Lipinski definition) is 5. The Balaban J connectivity index is 1.60. The highest BCUT2D eigenvalue weighted by atomic mass is 32.2. The van der Waals surface area contributed by atoms with E-state index in [1.807, 2.05) is 0 Å². The lowest BCUT2D eigenvalue weighted by Crippen LogP contribution is -2.15. The third-order valence-electron chi connectivity index (χ3n) is 3.94. The number of fused-ring (bicyclic) bond motifs is 1. The number of para-hydroxylation sites is 1. The van der Waals surface area contributed by atoms with Gasteiger partial charge in [-0.05, 0) is 18.2 Å². The molecule has 0 saturated carbocycles. The minimum atomic E-state index is -3.93. The Morgan fingerprint density at radius 3 is 2.67 bits per heavy atom. The summed E-state index contributed by atoms with van der Waals surface area (Å²) in [6.07, 6.45) is 2.87. The molecule has 27 heavy (non-hydrogen) atoms. The van der Waals surface area contributed by atoms with Gasteiger partial charge in [-0.2, -0.15) is 4.98 Å². The summed E-state index contributed by atoms with van der Waals surface area (Å²) in [5.74, 6) is -0.462. The van der Waals surface area contributed by atoms with Gasteiger partial charge in [0.1, 0.15) is 17.0 Å². The van der Waals surface area contributed by atoms with Crippen molar-refractivity contribution < 1.29 is 12.8 Å². The van der Waals surface area contributed by atoms with Crippen LogP contribution in [-0.2, 0) is 16.6 Å². The maximum atomic E-state index is 13.7. The van der Waals surface area contributed by atoms with Crippen molar-refractivity contribution in [3.05, 3.63) is 78.5 Å². The first-order valence-corrected chi connectivity index (χ1v) is 9.51. The molecule has 0 radical (unpaired) electrons. The molecule has 0 fully saturated rings. The molecular weight excluding hydrogens is 369 g/mol. The smallest absolute Gasteiger partial charge is 0.255 e. The Kier molecular flexibility index (Phi) is 4.28. The van der Waals surface area contributed by atoms with Crippen molar-refractivity contribution in [3.63, 3.8) is 0 Å². The molecule has 0 aliphatic heterocycles. The molecule has 0 aliphatic rings. The summed E-state index contributed by atoms with van der Waals surface area (Å²) in [5.41, 5.74) is 0.786. The zero-order chi connectivity index (χ0) is 18.9. The molecule has 2 aromatic heterocycles. The summed E-state index contributed by atoms with van der Waals surface area (Å²) in [6, 6.07) is 14.7. The fraction of sp³-hybridized carbons (Fsp3) is 0.0556. The van der Waals surface area contributed by atoms with Crippen LogP contribution in [0.3, 0.4) is 0 Å². The number of rotatable bonds is 5. The topological polar surface area (TPSA) is 89.8 Å². The molecule has 0 unspecified atom stereocenters. The van der Waals surface area contributed by atoms with E-state index in [9.17, 15) is 12.8 Å². The monoisotopic (exact) mass is 383 g/mol. The zero-order valence-corrected chi connectivity index (χ0v) is 14.8. The third-order valence-corrected chi connectivity index (χ3v) is 5.30. The van der Waals surface area contributed by atoms with Crippen LogP contribution < -0.4 is 4.72 Å². The standard InChI is InChI=1S/C18H14FN5O2S/c19-15-8-2-1-5-14(15)11-24-12-21-18(22-24)23-27(25,26)16-9-3-6-13-7-4-10-20-17(13)16/h1-10,12H,11H2,(H,22,23). The lowest BCUT2D eigenvalue weighted by molar-refractivity contribution is 0.584. The van der Waals surface area contributed by atoms with E-state index in [1.54, 1.807) is 42.5 Å². The van der Waals surface area contributed by atoms with Gasteiger partial charge in [-0.25, -0.2) is 22.2 Å². The number of halogens is 1. The molecule has 2 heterocycles. The first-order chi connectivity index (χ1) is 13.0. The predicted molar refractivity (Wildman–Crippen MR) is 98.1 cm³/mol. The van der Waals surface area contributed by atoms with Crippen LogP contribution in [-0.4, -0.2) is 28.2 Å². The minimum absolute atomic E-state index is 0.0334. The van der Waals surface area contributed by atoms with Crippen LogP contribution in [0.25, 0.3) is 10.9 Å². The number of benzene rings is 2. The highest BCUT2D eigenvalue weighted by molar-refractivity contribution is 7.93. The fourth-order valence-corrected chi connectivity index (χ4v) is 3.81. The van der Waals surface area contributed by atoms with Gasteiger partial charge in [-0.1, -0.05) is 36.4 Å². The first-order valence-electron chi connectivity index (χ1n) is 8.02. The molecule has 0 aliphatic carbocycles. The van der Waals surface area contributed by atoms with Gasteiger partial charge in [0.05, 0.1) is 12.1 Å². The molecule has 4 aromatic rings. The van der Waals surface area contributed by atoms with Gasteiger partial charge < -0.3 is 0 Å². The van der Waals surface area contributed by atoms with Gasteiger partial charge >= 0.3 is 0 Å². The Labute approximate surface area is 154 Å². The highest BCUT2D eigenvalue weighted by Gasteiger charge is 2.20. The van der Waals surface area contributed by atoms with E-state index in [0.717, 1.165) is 0 Å². The number of hydrogen-bond donors (Lipinski definition) is 1. The molecule has 0 atom stereocenters. The lowest BCUT2D eigenvalue weighted by atomic mass is 10.2. The quantitative estimate of drug-likeness (QED) is 0.572. The molecule has 0 bridgehead atoms. The molecule has 2 aromatic carbocycles. The SMILES string of the molecule is O=S(=O)(Nc1ncn(Cc2ccccc2F)n1)c1cccc2cccnc12. The van der Waals surface area contributed by atoms with Crippen LogP contribution in [0.1, 0.15) is 5.56 Å². The van der Waals surface area contributed by atoms with E-state index in [2.05, 4.69) is 19.8 Å². The van der Waals surface area contributed by atoms with Crippen LogP contribution in [0.2, 0.25) is 0 Å². The van der Waals surface area contributed by atoms with E-state index in [-0.39, 0.29) is 23.2 Å². The largest absolute Gasteiger partial charge is 0.266 e. The van der Waals surface area contributed by atoms with Crippen molar-refractivity contribution in [2.45, 2.75) is 11.4 Å². The van der Waals surface area contributed by atoms with Gasteiger partial charge in [0.2, 0.25) is 0 Å². The maximum absolute atomic E-state index is 13.7. The van der Waals surface area contributed by atoms with Crippen LogP contribution in [0.5, 0.6) is 0 Å². The van der Waals surface area contributed by atoms with Crippen LogP contribution in [0.15, 0.2) is 72.0 Å². The van der Waals surface area contributed by atoms with Gasteiger partial charge in [0.15, 0.2) is 0 Å². The average molecular weight is 383 g/mol. The van der Waals surface area contributed by atoms with Gasteiger partial charge in [-0.15, -0.1) is 5.10 Å². The van der Waals surface area contributed by atoms with E-state index < -0.39 is 10.0 Å². The van der Waals surface area contributed by atoms with E-state index in [4.69, 9.17) is 0 Å². The molecule has 1 N–H and O–H groups in total. The number of pyridine rings is 1. The Hall–Kier alpha value is -3.33. The molecule has 0 spiro atoms. The second-order valence-electron chi connectivity index (χ2n) is 5.79. The Bertz CT molecular complexity index is 1220. The van der Waals surface area contributed by atoms with E-state index >= 15 is 0 Å². The number of aromatic nitrogens is 4. The fourth-order valence-electron chi connectivity index (χ4n) is 2.69. The van der Waals surface area contributed by atoms with Gasteiger partial charge in [0, 0.05) is 17.1 Å². The van der Waals surface area contributed by atoms with Crippen molar-refractivity contribution in [3.8, 4) is 0 Å². The number of nitrogens with one attached hydrogen (secondary N) is 1. The number of nitrogens with zero attached hydrogens (tertiary/aromatic N) is 4. The van der Waals surface area contributed by atoms with Crippen molar-refractivity contribution in [2.75, 3.05) is 4.72 Å². The molecule has 7 nitrogen and oxygen atoms in total. The number of sulfonamides is 1. The Morgan fingerprint density at radius 2 is 1.81 bits per heavy atom. The summed E-state index contributed by atoms with van der Waals surface area (Å²) in [5, 5.41) is 4.77. The molecular formula is C18H14FN5O2S. The lowest BCUT2D eigenvalue weighted by Gasteiger charge is -2.07. The predicted octanol–water partition coefficient (Wildman–Crippen LogP) is 2.81. The van der Waals surface area contributed by atoms with Crippen molar-refractivity contribution in [1.29, 1.82) is 0 Å². The number of anilines is 1. The first kappa shape index (κ1) is 17.1. The summed E-state index contributed by atoms with van der Waals surface area (Å²) in [4.78, 5) is 8.14. The zero-order valence-electron chi connectivity index (χ0n) is 13.9. The summed E-state index contributed by atoms with van der Waals surface area (Å²) in [6.45, 7) is 0.136.